The van der Waals surface area contributed by atoms with Crippen molar-refractivity contribution in [1.82, 2.24) is 0 Å². The fraction of sp³-hybridized carbons (Fsp3) is 0. The van der Waals surface area contributed by atoms with Crippen LogP contribution in [-0.2, 0) is 0 Å². The molecule has 0 aliphatic carbocycles. The molecule has 0 unspecified atom stereocenters. The molecule has 2 aromatic carbocycles. The summed E-state index contributed by atoms with van der Waals surface area (Å²) in [6, 6.07) is 10.4. The van der Waals surface area contributed by atoms with E-state index < -0.39 is 0 Å². The second-order valence-corrected chi connectivity index (χ2v) is 6.23. The molecule has 0 aliphatic rings. The van der Waals surface area contributed by atoms with Crippen molar-refractivity contribution in [3.63, 3.8) is 0 Å². The minimum atomic E-state index is -0.305. The normalized spacial score (nSPS) is 10.4. The summed E-state index contributed by atoms with van der Waals surface area (Å²) in [6.45, 7) is 0. The first-order valence-electron chi connectivity index (χ1n) is 4.95. The van der Waals surface area contributed by atoms with Gasteiger partial charge in [-0.1, -0.05) is 0 Å². The number of benzene rings is 2. The van der Waals surface area contributed by atoms with Crippen LogP contribution in [0.5, 0.6) is 11.5 Å². The molecule has 1 radical (unpaired) electrons. The minimum absolute atomic E-state index is 0.0949. The van der Waals surface area contributed by atoms with E-state index >= 15 is 0 Å². The quantitative estimate of drug-likeness (QED) is 0.354. The van der Waals surface area contributed by atoms with E-state index in [0.717, 1.165) is 8.70 Å². The number of nitrogens with two attached hydrogens (primary N) is 2. The van der Waals surface area contributed by atoms with Gasteiger partial charge in [-0.3, -0.25) is 0 Å². The van der Waals surface area contributed by atoms with Crippen LogP contribution >= 0.6 is 0 Å². The Hall–Kier alpha value is -1.80. The summed E-state index contributed by atoms with van der Waals surface area (Å²) < 4.78 is 2.02. The first kappa shape index (κ1) is 11.7. The molecular weight excluding hydrogens is 279 g/mol. The molecule has 5 heteroatoms. The van der Waals surface area contributed by atoms with E-state index in [1.54, 1.807) is 24.3 Å². The van der Waals surface area contributed by atoms with Crippen LogP contribution in [-0.4, -0.2) is 26.0 Å². The summed E-state index contributed by atoms with van der Waals surface area (Å²) in [4.78, 5) is 0. The van der Waals surface area contributed by atoms with Gasteiger partial charge in [0, 0.05) is 0 Å². The molecule has 0 fully saturated rings. The number of phenolic OH excluding ortho intramolecular Hbond substituents is 2. The molecule has 0 aliphatic heterocycles. The van der Waals surface area contributed by atoms with E-state index in [1.165, 1.54) is 0 Å². The molecule has 6 N–H and O–H groups in total. The van der Waals surface area contributed by atoms with E-state index in [1.807, 2.05) is 12.1 Å². The number of rotatable bonds is 2. The Bertz CT molecular complexity index is 509. The van der Waals surface area contributed by atoms with Crippen LogP contribution in [0.4, 0.5) is 11.4 Å². The van der Waals surface area contributed by atoms with Crippen molar-refractivity contribution >= 4 is 35.8 Å². The third-order valence-electron chi connectivity index (χ3n) is 2.29. The second kappa shape index (κ2) is 4.60. The Balaban J connectivity index is 2.25. The number of nitrogen functional groups attached to an aromatic ring is 2. The van der Waals surface area contributed by atoms with Gasteiger partial charge < -0.3 is 0 Å². The molecule has 0 heterocycles. The maximum atomic E-state index is 9.50. The van der Waals surface area contributed by atoms with Gasteiger partial charge in [-0.15, -0.1) is 0 Å². The zero-order valence-corrected chi connectivity index (χ0v) is 10.8. The zero-order chi connectivity index (χ0) is 12.4. The van der Waals surface area contributed by atoms with Crippen molar-refractivity contribution in [1.29, 1.82) is 0 Å². The zero-order valence-electron chi connectivity index (χ0n) is 8.96. The summed E-state index contributed by atoms with van der Waals surface area (Å²) in [5, 5.41) is 19.0. The van der Waals surface area contributed by atoms with Gasteiger partial charge in [0.2, 0.25) is 0 Å². The van der Waals surface area contributed by atoms with Gasteiger partial charge in [0.15, 0.2) is 0 Å². The average molecular weight is 291 g/mol. The Morgan fingerprint density at radius 2 is 1.18 bits per heavy atom. The van der Waals surface area contributed by atoms with E-state index in [0.29, 0.717) is 11.4 Å². The van der Waals surface area contributed by atoms with Gasteiger partial charge in [0.05, 0.1) is 0 Å². The molecule has 2 aromatic rings. The number of aromatic hydroxyl groups is 2. The summed E-state index contributed by atoms with van der Waals surface area (Å²) >= 11 is -0.305. The predicted molar refractivity (Wildman–Crippen MR) is 70.1 cm³/mol. The van der Waals surface area contributed by atoms with E-state index in [2.05, 4.69) is 0 Å². The first-order chi connectivity index (χ1) is 8.06. The van der Waals surface area contributed by atoms with Crippen molar-refractivity contribution in [2.45, 2.75) is 0 Å². The Labute approximate surface area is 106 Å². The van der Waals surface area contributed by atoms with E-state index in [4.69, 9.17) is 11.5 Å². The Morgan fingerprint density at radius 1 is 0.765 bits per heavy atom. The van der Waals surface area contributed by atoms with Crippen LogP contribution in [0.2, 0.25) is 0 Å². The summed E-state index contributed by atoms with van der Waals surface area (Å²) in [5.41, 5.74) is 11.8. The predicted octanol–water partition coefficient (Wildman–Crippen LogP) is -0.0828. The topological polar surface area (TPSA) is 92.5 Å². The van der Waals surface area contributed by atoms with Crippen LogP contribution in [0.3, 0.4) is 0 Å². The van der Waals surface area contributed by atoms with Crippen LogP contribution in [0.1, 0.15) is 0 Å². The second-order valence-electron chi connectivity index (χ2n) is 3.60. The van der Waals surface area contributed by atoms with Crippen molar-refractivity contribution in [2.24, 2.45) is 0 Å². The molecule has 17 heavy (non-hydrogen) atoms. The van der Waals surface area contributed by atoms with Crippen LogP contribution in [0.25, 0.3) is 0 Å². The number of anilines is 2. The van der Waals surface area contributed by atoms with Crippen molar-refractivity contribution in [3.8, 4) is 11.5 Å². The van der Waals surface area contributed by atoms with Gasteiger partial charge in [0.1, 0.15) is 0 Å². The van der Waals surface area contributed by atoms with Gasteiger partial charge in [-0.25, -0.2) is 0 Å². The molecule has 2 rings (SSSR count). The van der Waals surface area contributed by atoms with Gasteiger partial charge in [-0.2, -0.15) is 0 Å². The van der Waals surface area contributed by atoms with E-state index in [-0.39, 0.29) is 27.3 Å². The molecule has 0 amide bonds. The number of phenols is 2. The molecule has 0 spiro atoms. The van der Waals surface area contributed by atoms with Crippen molar-refractivity contribution in [2.75, 3.05) is 11.5 Å². The molecule has 4 nitrogen and oxygen atoms in total. The fourth-order valence-corrected chi connectivity index (χ4v) is 3.39. The fourth-order valence-electron chi connectivity index (χ4n) is 1.35. The number of hydrogen-bond donors (Lipinski definition) is 4. The van der Waals surface area contributed by atoms with Crippen LogP contribution in [0.15, 0.2) is 36.4 Å². The maximum absolute atomic E-state index is 9.50. The van der Waals surface area contributed by atoms with E-state index in [9.17, 15) is 10.2 Å². The Morgan fingerprint density at radius 3 is 1.53 bits per heavy atom. The third kappa shape index (κ3) is 2.66. The monoisotopic (exact) mass is 291 g/mol. The molecule has 0 aromatic heterocycles. The standard InChI is InChI=1S/C12H12AsN2O2/c14-9-3-1-7(5-11(9)16)13-8-2-4-10(15)12(17)6-8/h1-6,16-17H,14-15H2. The summed E-state index contributed by atoms with van der Waals surface area (Å²) in [7, 11) is 0. The van der Waals surface area contributed by atoms with Gasteiger partial charge in [-0.05, 0) is 0 Å². The molecule has 0 saturated heterocycles. The number of hydrogen-bond acceptors (Lipinski definition) is 4. The molecule has 87 valence electrons. The SMILES string of the molecule is Nc1ccc([As]c2ccc(N)c(O)c2)cc1O. The molecule has 0 atom stereocenters. The van der Waals surface area contributed by atoms with Crippen LogP contribution < -0.4 is 20.2 Å². The van der Waals surface area contributed by atoms with Gasteiger partial charge in [0.25, 0.3) is 0 Å². The molecule has 0 bridgehead atoms. The van der Waals surface area contributed by atoms with Crippen molar-refractivity contribution in [3.05, 3.63) is 36.4 Å². The first-order valence-corrected chi connectivity index (χ1v) is 6.82. The van der Waals surface area contributed by atoms with Crippen LogP contribution in [0, 0.1) is 0 Å². The third-order valence-corrected chi connectivity index (χ3v) is 4.54. The Kier molecular flexibility index (Phi) is 3.16. The van der Waals surface area contributed by atoms with Crippen molar-refractivity contribution < 1.29 is 10.2 Å². The molecular formula is C12H12AsN2O2. The molecule has 0 saturated carbocycles. The summed E-state index contributed by atoms with van der Waals surface area (Å²) in [5.74, 6) is 0.190. The van der Waals surface area contributed by atoms with Gasteiger partial charge >= 0.3 is 105 Å². The summed E-state index contributed by atoms with van der Waals surface area (Å²) in [6.07, 6.45) is 0. The average Bonchev–Trinajstić information content (AvgIpc) is 2.29.